The smallest absolute Gasteiger partial charge is 0.272 e. The van der Waals surface area contributed by atoms with Crippen LogP contribution in [0.25, 0.3) is 0 Å². The average molecular weight is 359 g/mol. The lowest BCUT2D eigenvalue weighted by atomic mass is 9.83. The van der Waals surface area contributed by atoms with Crippen LogP contribution >= 0.6 is 0 Å². The maximum Gasteiger partial charge on any atom is 0.272 e. The van der Waals surface area contributed by atoms with Crippen LogP contribution in [0.4, 0.5) is 0 Å². The molecule has 1 aromatic rings. The number of rotatable bonds is 5. The third kappa shape index (κ3) is 3.42. The molecule has 1 aliphatic carbocycles. The Labute approximate surface area is 157 Å². The van der Waals surface area contributed by atoms with Crippen molar-refractivity contribution in [2.24, 2.45) is 11.8 Å². The topological polar surface area (TPSA) is 41.4 Å². The van der Waals surface area contributed by atoms with Crippen molar-refractivity contribution >= 4 is 5.91 Å². The zero-order valence-electron chi connectivity index (χ0n) is 16.7. The number of hydrogen-bond donors (Lipinski definition) is 0. The number of hydrogen-bond acceptors (Lipinski definition) is 3. The molecular formula is C21H34N4O. The van der Waals surface area contributed by atoms with Crippen LogP contribution < -0.4 is 0 Å². The number of carbonyl (C=O) groups excluding carboxylic acids is 1. The molecule has 1 aromatic heterocycles. The van der Waals surface area contributed by atoms with Gasteiger partial charge >= 0.3 is 0 Å². The van der Waals surface area contributed by atoms with Crippen LogP contribution in [0.15, 0.2) is 6.07 Å². The van der Waals surface area contributed by atoms with Gasteiger partial charge < -0.3 is 4.90 Å². The van der Waals surface area contributed by atoms with Crippen molar-refractivity contribution in [1.29, 1.82) is 0 Å². The molecule has 5 heteroatoms. The minimum Gasteiger partial charge on any atom is -0.335 e. The second-order valence-electron chi connectivity index (χ2n) is 8.98. The summed E-state index contributed by atoms with van der Waals surface area (Å²) in [5, 5.41) is 4.65. The molecule has 0 aromatic carbocycles. The quantitative estimate of drug-likeness (QED) is 0.810. The van der Waals surface area contributed by atoms with E-state index in [0.29, 0.717) is 17.9 Å². The SMILES string of the molecule is CCn1nc(C(C)C)cc1C(=O)N1C[C@@H]2CC[C@H](C1)N(CC1CCC1)C2. The van der Waals surface area contributed by atoms with E-state index in [9.17, 15) is 4.79 Å². The molecule has 2 bridgehead atoms. The van der Waals surface area contributed by atoms with Crippen LogP contribution in [-0.2, 0) is 6.54 Å². The summed E-state index contributed by atoms with van der Waals surface area (Å²) in [7, 11) is 0. The van der Waals surface area contributed by atoms with E-state index in [2.05, 4.69) is 35.7 Å². The van der Waals surface area contributed by atoms with Gasteiger partial charge in [-0.15, -0.1) is 0 Å². The van der Waals surface area contributed by atoms with Gasteiger partial charge in [0.15, 0.2) is 0 Å². The van der Waals surface area contributed by atoms with E-state index >= 15 is 0 Å². The standard InChI is InChI=1S/C21H34N4O/c1-4-25-20(10-19(22-25)15(2)3)21(26)24-13-17-8-9-18(14-24)23(12-17)11-16-6-5-7-16/h10,15-18H,4-9,11-14H2,1-3H3/t17-,18-/m1/s1. The van der Waals surface area contributed by atoms with Gasteiger partial charge in [0.1, 0.15) is 5.69 Å². The number of carbonyl (C=O) groups is 1. The van der Waals surface area contributed by atoms with Crippen molar-refractivity contribution in [1.82, 2.24) is 19.6 Å². The van der Waals surface area contributed by atoms with Gasteiger partial charge in [-0.1, -0.05) is 20.3 Å². The normalized spacial score (nSPS) is 27.0. The summed E-state index contributed by atoms with van der Waals surface area (Å²) in [6.07, 6.45) is 6.76. The van der Waals surface area contributed by atoms with Crippen LogP contribution in [-0.4, -0.2) is 57.7 Å². The summed E-state index contributed by atoms with van der Waals surface area (Å²) in [6, 6.07) is 2.58. The molecule has 1 saturated carbocycles. The minimum absolute atomic E-state index is 0.189. The fourth-order valence-corrected chi connectivity index (χ4v) is 4.87. The largest absolute Gasteiger partial charge is 0.335 e. The highest BCUT2D eigenvalue weighted by Gasteiger charge is 2.38. The summed E-state index contributed by atoms with van der Waals surface area (Å²) in [6.45, 7) is 11.4. The van der Waals surface area contributed by atoms with Gasteiger partial charge in [-0.3, -0.25) is 14.4 Å². The molecule has 0 unspecified atom stereocenters. The number of aryl methyl sites for hydroxylation is 1. The number of aromatic nitrogens is 2. The second-order valence-corrected chi connectivity index (χ2v) is 8.98. The average Bonchev–Trinajstić information content (AvgIpc) is 2.83. The van der Waals surface area contributed by atoms with Crippen molar-refractivity contribution in [3.63, 3.8) is 0 Å². The highest BCUT2D eigenvalue weighted by atomic mass is 16.2. The van der Waals surface area contributed by atoms with E-state index in [1.165, 1.54) is 45.2 Å². The van der Waals surface area contributed by atoms with E-state index in [-0.39, 0.29) is 5.91 Å². The predicted molar refractivity (Wildman–Crippen MR) is 103 cm³/mol. The summed E-state index contributed by atoms with van der Waals surface area (Å²) in [5.41, 5.74) is 1.81. The third-order valence-corrected chi connectivity index (χ3v) is 6.74. The first-order chi connectivity index (χ1) is 12.5. The maximum absolute atomic E-state index is 13.3. The lowest BCUT2D eigenvalue weighted by Gasteiger charge is -2.40. The van der Waals surface area contributed by atoms with Gasteiger partial charge in [0.25, 0.3) is 5.91 Å². The van der Waals surface area contributed by atoms with Crippen LogP contribution in [0.5, 0.6) is 0 Å². The highest BCUT2D eigenvalue weighted by molar-refractivity contribution is 5.92. The fourth-order valence-electron chi connectivity index (χ4n) is 4.87. The Morgan fingerprint density at radius 2 is 2.00 bits per heavy atom. The molecule has 26 heavy (non-hydrogen) atoms. The van der Waals surface area contributed by atoms with Gasteiger partial charge in [0.05, 0.1) is 5.69 Å². The third-order valence-electron chi connectivity index (χ3n) is 6.74. The van der Waals surface area contributed by atoms with E-state index in [4.69, 9.17) is 0 Å². The van der Waals surface area contributed by atoms with Gasteiger partial charge in [-0.05, 0) is 56.4 Å². The highest BCUT2D eigenvalue weighted by Crippen LogP contribution is 2.33. The maximum atomic E-state index is 13.3. The summed E-state index contributed by atoms with van der Waals surface area (Å²) in [5.74, 6) is 2.09. The molecule has 3 saturated heterocycles. The molecule has 5 nitrogen and oxygen atoms in total. The Hall–Kier alpha value is -1.36. The first-order valence-corrected chi connectivity index (χ1v) is 10.7. The zero-order chi connectivity index (χ0) is 18.3. The van der Waals surface area contributed by atoms with Crippen LogP contribution in [0.2, 0.25) is 0 Å². The molecule has 1 amide bonds. The van der Waals surface area contributed by atoms with Crippen LogP contribution in [0.3, 0.4) is 0 Å². The molecule has 2 atom stereocenters. The predicted octanol–water partition coefficient (Wildman–Crippen LogP) is 3.36. The summed E-state index contributed by atoms with van der Waals surface area (Å²) < 4.78 is 1.90. The molecule has 4 fully saturated rings. The Morgan fingerprint density at radius 1 is 1.19 bits per heavy atom. The molecular weight excluding hydrogens is 324 g/mol. The Kier molecular flexibility index (Phi) is 5.09. The summed E-state index contributed by atoms with van der Waals surface area (Å²) in [4.78, 5) is 18.2. The van der Waals surface area contributed by atoms with E-state index in [0.717, 1.165) is 36.9 Å². The molecule has 0 N–H and O–H groups in total. The monoisotopic (exact) mass is 358 g/mol. The molecule has 0 spiro atoms. The molecule has 0 radical (unpaired) electrons. The van der Waals surface area contributed by atoms with Gasteiger partial charge in [-0.2, -0.15) is 5.10 Å². The van der Waals surface area contributed by atoms with Crippen LogP contribution in [0, 0.1) is 11.8 Å². The van der Waals surface area contributed by atoms with Crippen molar-refractivity contribution in [2.45, 2.75) is 71.4 Å². The minimum atomic E-state index is 0.189. The lowest BCUT2D eigenvalue weighted by molar-refractivity contribution is 0.0706. The van der Waals surface area contributed by atoms with E-state index < -0.39 is 0 Å². The van der Waals surface area contributed by atoms with Gasteiger partial charge in [-0.25, -0.2) is 0 Å². The van der Waals surface area contributed by atoms with Crippen molar-refractivity contribution < 1.29 is 4.79 Å². The Balaban J connectivity index is 1.50. The second kappa shape index (κ2) is 7.34. The zero-order valence-corrected chi connectivity index (χ0v) is 16.7. The number of fused-ring (bicyclic) bond motifs is 4. The number of amides is 1. The fraction of sp³-hybridized carbons (Fsp3) is 0.810. The lowest BCUT2D eigenvalue weighted by Crippen LogP contribution is -2.47. The molecule has 4 aliphatic rings. The molecule has 144 valence electrons. The van der Waals surface area contributed by atoms with E-state index in [1.54, 1.807) is 0 Å². The van der Waals surface area contributed by atoms with Gasteiger partial charge in [0, 0.05) is 38.8 Å². The van der Waals surface area contributed by atoms with Crippen molar-refractivity contribution in [3.05, 3.63) is 17.5 Å². The molecule has 3 aliphatic heterocycles. The molecule has 5 rings (SSSR count). The Bertz CT molecular complexity index is 648. The number of piperidine rings is 1. The summed E-state index contributed by atoms with van der Waals surface area (Å²) >= 11 is 0. The van der Waals surface area contributed by atoms with E-state index in [1.807, 2.05) is 10.7 Å². The molecule has 4 heterocycles. The van der Waals surface area contributed by atoms with Crippen molar-refractivity contribution in [3.8, 4) is 0 Å². The number of nitrogens with zero attached hydrogens (tertiary/aromatic N) is 4. The van der Waals surface area contributed by atoms with Gasteiger partial charge in [0.2, 0.25) is 0 Å². The van der Waals surface area contributed by atoms with Crippen molar-refractivity contribution in [2.75, 3.05) is 26.2 Å². The Morgan fingerprint density at radius 3 is 2.65 bits per heavy atom. The first-order valence-electron chi connectivity index (χ1n) is 10.7. The van der Waals surface area contributed by atoms with Crippen LogP contribution in [0.1, 0.15) is 75.0 Å². The first kappa shape index (κ1) is 18.0.